The molecule has 39 heavy (non-hydrogen) atoms. The van der Waals surface area contributed by atoms with Crippen molar-refractivity contribution in [3.63, 3.8) is 0 Å². The number of hydrogen-bond donors (Lipinski definition) is 2. The van der Waals surface area contributed by atoms with Crippen LogP contribution in [0.25, 0.3) is 21.8 Å². The maximum atomic E-state index is 12.4. The second-order valence-corrected chi connectivity index (χ2v) is 13.5. The van der Waals surface area contributed by atoms with Gasteiger partial charge in [0.2, 0.25) is 0 Å². The number of carbonyl (C=O) groups is 2. The molecule has 1 amide bonds. The van der Waals surface area contributed by atoms with E-state index in [-0.39, 0.29) is 21.5 Å². The van der Waals surface area contributed by atoms with Crippen molar-refractivity contribution in [1.29, 1.82) is 0 Å². The molecule has 11 heteroatoms. The summed E-state index contributed by atoms with van der Waals surface area (Å²) < 4.78 is 14.3. The average molecular weight is 667 g/mol. The fourth-order valence-electron chi connectivity index (χ4n) is 4.16. The Morgan fingerprint density at radius 1 is 1.00 bits per heavy atom. The maximum absolute atomic E-state index is 12.4. The molecule has 9 nitrogen and oxygen atoms in total. The van der Waals surface area contributed by atoms with E-state index in [0.29, 0.717) is 23.7 Å². The van der Waals surface area contributed by atoms with E-state index in [9.17, 15) is 9.59 Å². The first kappa shape index (κ1) is 29.0. The van der Waals surface area contributed by atoms with Gasteiger partial charge >= 0.3 is 224 Å². The number of anilines is 2. The van der Waals surface area contributed by atoms with Crippen molar-refractivity contribution in [2.24, 2.45) is 0 Å². The molecule has 0 fully saturated rings. The van der Waals surface area contributed by atoms with Crippen molar-refractivity contribution < 1.29 is 40.5 Å². The van der Waals surface area contributed by atoms with Crippen molar-refractivity contribution in [1.82, 2.24) is 17.9 Å². The van der Waals surface area contributed by atoms with Gasteiger partial charge < -0.3 is 0 Å². The molecule has 0 aliphatic rings. The first-order valence-electron chi connectivity index (χ1n) is 12.5. The van der Waals surface area contributed by atoms with Crippen LogP contribution in [0.3, 0.4) is 0 Å². The quantitative estimate of drug-likeness (QED) is 0.241. The van der Waals surface area contributed by atoms with Crippen LogP contribution in [0.1, 0.15) is 47.1 Å². The summed E-state index contributed by atoms with van der Waals surface area (Å²) in [4.78, 5) is 26.9. The molecule has 4 rings (SSSR count). The van der Waals surface area contributed by atoms with Gasteiger partial charge in [0, 0.05) is 0 Å². The minimum atomic E-state index is -0.624. The van der Waals surface area contributed by atoms with E-state index in [4.69, 9.17) is 21.1 Å². The van der Waals surface area contributed by atoms with E-state index in [2.05, 4.69) is 41.6 Å². The Hall–Kier alpha value is -2.99. The Morgan fingerprint density at radius 2 is 1.72 bits per heavy atom. The molecule has 0 aliphatic heterocycles. The molecule has 2 aromatic heterocycles. The zero-order chi connectivity index (χ0) is 28.5. The SMILES string of the molecule is C[I-]n1c2ccc(Cl)cc2c2cc(Nc3cnn(C(=O)OC(C)(C)C)c3)cc(CCNC(=O)OC(C)(C)C)c21. The van der Waals surface area contributed by atoms with Gasteiger partial charge in [-0.1, -0.05) is 0 Å². The van der Waals surface area contributed by atoms with Gasteiger partial charge in [-0.05, 0) is 20.8 Å². The van der Waals surface area contributed by atoms with Gasteiger partial charge in [0.25, 0.3) is 0 Å². The van der Waals surface area contributed by atoms with Crippen LogP contribution in [-0.2, 0) is 15.9 Å². The van der Waals surface area contributed by atoms with Crippen LogP contribution < -0.4 is 32.1 Å². The number of alkyl carbamates (subject to hydrolysis) is 1. The molecule has 4 aromatic rings. The third kappa shape index (κ3) is 7.16. The van der Waals surface area contributed by atoms with Crippen molar-refractivity contribution in [2.45, 2.75) is 59.2 Å². The van der Waals surface area contributed by atoms with E-state index in [0.717, 1.165) is 33.1 Å². The number of carbonyl (C=O) groups excluding carboxylic acids is 2. The molecule has 0 unspecified atom stereocenters. The number of rotatable bonds is 6. The molecule has 0 radical (unpaired) electrons. The van der Waals surface area contributed by atoms with Gasteiger partial charge in [0.15, 0.2) is 0 Å². The van der Waals surface area contributed by atoms with E-state index in [1.165, 1.54) is 4.68 Å². The minimum absolute atomic E-state index is 0.331. The molecule has 0 saturated carbocycles. The predicted molar refractivity (Wildman–Crippen MR) is 151 cm³/mol. The van der Waals surface area contributed by atoms with E-state index in [1.807, 2.05) is 53.7 Å². The predicted octanol–water partition coefficient (Wildman–Crippen LogP) is 3.72. The molecule has 0 bridgehead atoms. The van der Waals surface area contributed by atoms with Gasteiger partial charge in [0.1, 0.15) is 0 Å². The summed E-state index contributed by atoms with van der Waals surface area (Å²) >= 11 is 6.07. The summed E-state index contributed by atoms with van der Waals surface area (Å²) in [6.45, 7) is 11.4. The van der Waals surface area contributed by atoms with Crippen LogP contribution in [0.15, 0.2) is 42.7 Å². The fourth-order valence-corrected chi connectivity index (χ4v) is 6.33. The fraction of sp³-hybridized carbons (Fsp3) is 0.393. The number of ether oxygens (including phenoxy) is 2. The Kier molecular flexibility index (Phi) is 8.36. The Morgan fingerprint density at radius 3 is 2.38 bits per heavy atom. The standard InChI is InChI=1S/C28H34ClIN5O4/c1-27(2,3)38-25(36)31-11-10-17-12-19(33-20-15-32-34(16-20)26(37)39-28(4,5)6)14-22-21-13-18(29)8-9-23(21)35(30-7)24(17)22/h8-9,12-16,33H,10-11H2,1-7H3,(H,31,36)/q-1. The number of aromatic nitrogens is 3. The number of halogens is 2. The van der Waals surface area contributed by atoms with Crippen LogP contribution in [0.2, 0.25) is 5.02 Å². The zero-order valence-corrected chi connectivity index (χ0v) is 26.1. The average Bonchev–Trinajstić information content (AvgIpc) is 3.39. The molecule has 210 valence electrons. The summed E-state index contributed by atoms with van der Waals surface area (Å²) in [5, 5.41) is 13.2. The van der Waals surface area contributed by atoms with E-state index >= 15 is 0 Å². The van der Waals surface area contributed by atoms with Crippen molar-refractivity contribution in [3.8, 4) is 0 Å². The summed E-state index contributed by atoms with van der Waals surface area (Å²) in [6.07, 6.45) is 2.77. The number of nitrogens with zero attached hydrogens (tertiary/aromatic N) is 3. The summed E-state index contributed by atoms with van der Waals surface area (Å²) in [5.41, 5.74) is 3.60. The number of amides is 1. The van der Waals surface area contributed by atoms with Crippen molar-refractivity contribution in [3.05, 3.63) is 53.3 Å². The van der Waals surface area contributed by atoms with Crippen LogP contribution >= 0.6 is 11.6 Å². The second-order valence-electron chi connectivity index (χ2n) is 11.1. The number of alkyl halides is 1. The van der Waals surface area contributed by atoms with Gasteiger partial charge in [-0.2, -0.15) is 0 Å². The molecular weight excluding hydrogens is 633 g/mol. The molecule has 2 N–H and O–H groups in total. The van der Waals surface area contributed by atoms with Crippen LogP contribution in [0.4, 0.5) is 21.0 Å². The molecule has 2 aromatic carbocycles. The van der Waals surface area contributed by atoms with Crippen molar-refractivity contribution >= 4 is 57.0 Å². The van der Waals surface area contributed by atoms with Gasteiger partial charge in [0.05, 0.1) is 0 Å². The number of nitrogens with one attached hydrogen (secondary N) is 2. The van der Waals surface area contributed by atoms with Gasteiger partial charge in [-0.15, -0.1) is 0 Å². The second kappa shape index (κ2) is 11.2. The zero-order valence-electron chi connectivity index (χ0n) is 23.2. The third-order valence-corrected chi connectivity index (χ3v) is 7.73. The van der Waals surface area contributed by atoms with Gasteiger partial charge in [-0.3, -0.25) is 0 Å². The number of hydrogen-bond acceptors (Lipinski definition) is 6. The number of fused-ring (bicyclic) bond motifs is 3. The molecule has 0 saturated heterocycles. The normalized spacial score (nSPS) is 12.2. The van der Waals surface area contributed by atoms with Crippen LogP contribution in [0.5, 0.6) is 0 Å². The monoisotopic (exact) mass is 666 g/mol. The number of benzene rings is 2. The van der Waals surface area contributed by atoms with E-state index < -0.39 is 23.4 Å². The molecule has 0 aliphatic carbocycles. The topological polar surface area (TPSA) is 99.4 Å². The van der Waals surface area contributed by atoms with Crippen molar-refractivity contribution in [2.75, 3.05) is 16.8 Å². The first-order chi connectivity index (χ1) is 18.2. The molecular formula is C28H34ClIN5O4-. The summed E-state index contributed by atoms with van der Waals surface area (Å²) in [6, 6.07) is 10.1. The summed E-state index contributed by atoms with van der Waals surface area (Å²) in [5.74, 6) is 0. The Labute approximate surface area is 243 Å². The van der Waals surface area contributed by atoms with E-state index in [1.54, 1.807) is 12.4 Å². The van der Waals surface area contributed by atoms with Gasteiger partial charge in [-0.25, -0.2) is 0 Å². The molecule has 0 atom stereocenters. The molecule has 2 heterocycles. The molecule has 0 spiro atoms. The van der Waals surface area contributed by atoms with Crippen LogP contribution in [0, 0.1) is 0 Å². The first-order valence-corrected chi connectivity index (χ1v) is 16.0. The Bertz CT molecular complexity index is 1530. The third-order valence-electron chi connectivity index (χ3n) is 5.53. The summed E-state index contributed by atoms with van der Waals surface area (Å²) in [7, 11) is 0. The van der Waals surface area contributed by atoms with Crippen LogP contribution in [-0.4, -0.2) is 47.4 Å². The Balaban J connectivity index is 1.70.